The molecule has 0 radical (unpaired) electrons. The molecule has 2 N–H and O–H groups in total. The molecule has 2 aromatic carbocycles. The van der Waals surface area contributed by atoms with Gasteiger partial charge in [-0.25, -0.2) is 4.79 Å². The predicted molar refractivity (Wildman–Crippen MR) is 107 cm³/mol. The molecule has 0 bridgehead atoms. The molecule has 0 aliphatic rings. The number of aliphatic hydroxyl groups is 1. The maximum Gasteiger partial charge on any atom is 0.340 e. The molecular formula is C22H23NO5. The molecule has 0 spiro atoms. The Morgan fingerprint density at radius 2 is 1.93 bits per heavy atom. The minimum Gasteiger partial charge on any atom is -0.496 e. The Labute approximate surface area is 162 Å². The van der Waals surface area contributed by atoms with Gasteiger partial charge >= 0.3 is 5.63 Å². The van der Waals surface area contributed by atoms with Crippen LogP contribution in [0, 0.1) is 13.8 Å². The van der Waals surface area contributed by atoms with Crippen LogP contribution < -0.4 is 15.7 Å². The van der Waals surface area contributed by atoms with Gasteiger partial charge in [0.1, 0.15) is 11.3 Å². The summed E-state index contributed by atoms with van der Waals surface area (Å²) in [6.45, 7) is 3.72. The van der Waals surface area contributed by atoms with Gasteiger partial charge in [-0.15, -0.1) is 0 Å². The van der Waals surface area contributed by atoms with E-state index >= 15 is 0 Å². The summed E-state index contributed by atoms with van der Waals surface area (Å²) < 4.78 is 10.8. The number of hydrogen-bond donors (Lipinski definition) is 2. The number of benzene rings is 2. The minimum absolute atomic E-state index is 0.0589. The highest BCUT2D eigenvalue weighted by atomic mass is 16.5. The van der Waals surface area contributed by atoms with Crippen LogP contribution in [0.15, 0.2) is 51.7 Å². The fourth-order valence-electron chi connectivity index (χ4n) is 3.23. The molecule has 6 nitrogen and oxygen atoms in total. The van der Waals surface area contributed by atoms with Crippen LogP contribution in [0.25, 0.3) is 11.0 Å². The summed E-state index contributed by atoms with van der Waals surface area (Å²) in [5.74, 6) is 0.230. The summed E-state index contributed by atoms with van der Waals surface area (Å²) in [4.78, 5) is 24.8. The second-order valence-electron chi connectivity index (χ2n) is 6.74. The van der Waals surface area contributed by atoms with Gasteiger partial charge in [0.25, 0.3) is 0 Å². The largest absolute Gasteiger partial charge is 0.496 e. The maximum absolute atomic E-state index is 12.4. The van der Waals surface area contributed by atoms with Crippen LogP contribution in [-0.2, 0) is 11.2 Å². The minimum atomic E-state index is -0.817. The normalized spacial score (nSPS) is 12.0. The Hall–Kier alpha value is -3.12. The van der Waals surface area contributed by atoms with Gasteiger partial charge in [-0.3, -0.25) is 4.79 Å². The van der Waals surface area contributed by atoms with E-state index in [0.717, 1.165) is 5.56 Å². The topological polar surface area (TPSA) is 88.8 Å². The number of hydrogen-bond acceptors (Lipinski definition) is 5. The summed E-state index contributed by atoms with van der Waals surface area (Å²) in [6, 6.07) is 12.7. The quantitative estimate of drug-likeness (QED) is 0.641. The third-order valence-corrected chi connectivity index (χ3v) is 4.72. The molecule has 0 aliphatic carbocycles. The second kappa shape index (κ2) is 8.27. The number of ether oxygens (including phenoxy) is 1. The lowest BCUT2D eigenvalue weighted by molar-refractivity contribution is -0.120. The Balaban J connectivity index is 1.81. The standard InChI is InChI=1S/C22H23NO5/c1-13-9-18(27-3)21-14(2)16(22(26)28-19(21)10-13)11-20(25)23-12-17(24)15-7-5-4-6-8-15/h4-10,17,24H,11-12H2,1-3H3,(H,23,25). The van der Waals surface area contributed by atoms with Gasteiger partial charge < -0.3 is 19.6 Å². The van der Waals surface area contributed by atoms with Crippen LogP contribution in [-0.4, -0.2) is 24.7 Å². The van der Waals surface area contributed by atoms with Crippen LogP contribution in [0.4, 0.5) is 0 Å². The summed E-state index contributed by atoms with van der Waals surface area (Å²) in [5, 5.41) is 13.5. The highest BCUT2D eigenvalue weighted by Gasteiger charge is 2.18. The first-order valence-corrected chi connectivity index (χ1v) is 9.01. The molecule has 1 unspecified atom stereocenters. The van der Waals surface area contributed by atoms with E-state index in [1.807, 2.05) is 31.2 Å². The number of methoxy groups -OCH3 is 1. The average Bonchev–Trinajstić information content (AvgIpc) is 2.69. The SMILES string of the molecule is COc1cc(C)cc2oc(=O)c(CC(=O)NCC(O)c3ccccc3)c(C)c12. The van der Waals surface area contributed by atoms with Gasteiger partial charge in [0, 0.05) is 6.54 Å². The number of amides is 1. The molecule has 1 heterocycles. The number of carbonyl (C=O) groups is 1. The predicted octanol–water partition coefficient (Wildman–Crippen LogP) is 2.81. The molecule has 1 amide bonds. The molecule has 1 atom stereocenters. The molecule has 146 valence electrons. The monoisotopic (exact) mass is 381 g/mol. The first kappa shape index (κ1) is 19.6. The molecule has 3 rings (SSSR count). The van der Waals surface area contributed by atoms with Crippen molar-refractivity contribution in [2.45, 2.75) is 26.4 Å². The molecular weight excluding hydrogens is 358 g/mol. The molecule has 0 saturated carbocycles. The van der Waals surface area contributed by atoms with E-state index in [1.54, 1.807) is 32.2 Å². The third-order valence-electron chi connectivity index (χ3n) is 4.72. The lowest BCUT2D eigenvalue weighted by Crippen LogP contribution is -2.31. The zero-order chi connectivity index (χ0) is 20.3. The summed E-state index contributed by atoms with van der Waals surface area (Å²) in [7, 11) is 1.55. The molecule has 1 aromatic heterocycles. The van der Waals surface area contributed by atoms with Crippen molar-refractivity contribution < 1.29 is 19.1 Å². The van der Waals surface area contributed by atoms with Crippen LogP contribution in [0.3, 0.4) is 0 Å². The van der Waals surface area contributed by atoms with Crippen LogP contribution in [0.2, 0.25) is 0 Å². The van der Waals surface area contributed by atoms with Crippen molar-refractivity contribution in [2.24, 2.45) is 0 Å². The van der Waals surface area contributed by atoms with Crippen LogP contribution >= 0.6 is 0 Å². The van der Waals surface area contributed by atoms with Gasteiger partial charge in [-0.1, -0.05) is 30.3 Å². The van der Waals surface area contributed by atoms with Crippen molar-refractivity contribution in [1.29, 1.82) is 0 Å². The zero-order valence-electron chi connectivity index (χ0n) is 16.1. The molecule has 6 heteroatoms. The van der Waals surface area contributed by atoms with Crippen molar-refractivity contribution in [2.75, 3.05) is 13.7 Å². The zero-order valence-corrected chi connectivity index (χ0v) is 16.1. The Morgan fingerprint density at radius 1 is 1.21 bits per heavy atom. The second-order valence-corrected chi connectivity index (χ2v) is 6.74. The number of aryl methyl sites for hydroxylation is 2. The molecule has 3 aromatic rings. The highest BCUT2D eigenvalue weighted by Crippen LogP contribution is 2.30. The van der Waals surface area contributed by atoms with Crippen molar-refractivity contribution in [1.82, 2.24) is 5.32 Å². The third kappa shape index (κ3) is 4.07. The number of carbonyl (C=O) groups excluding carboxylic acids is 1. The van der Waals surface area contributed by atoms with E-state index in [1.165, 1.54) is 0 Å². The van der Waals surface area contributed by atoms with Crippen molar-refractivity contribution >= 4 is 16.9 Å². The molecule has 28 heavy (non-hydrogen) atoms. The Morgan fingerprint density at radius 3 is 2.61 bits per heavy atom. The fourth-order valence-corrected chi connectivity index (χ4v) is 3.23. The van der Waals surface area contributed by atoms with Gasteiger partial charge in [-0.2, -0.15) is 0 Å². The van der Waals surface area contributed by atoms with Gasteiger partial charge in [0.15, 0.2) is 0 Å². The van der Waals surface area contributed by atoms with E-state index < -0.39 is 11.7 Å². The Bertz CT molecular complexity index is 1060. The number of fused-ring (bicyclic) bond motifs is 1. The van der Waals surface area contributed by atoms with E-state index in [0.29, 0.717) is 27.8 Å². The van der Waals surface area contributed by atoms with E-state index in [4.69, 9.17) is 9.15 Å². The number of rotatable bonds is 6. The average molecular weight is 381 g/mol. The van der Waals surface area contributed by atoms with Crippen LogP contribution in [0.5, 0.6) is 5.75 Å². The van der Waals surface area contributed by atoms with Gasteiger partial charge in [0.2, 0.25) is 5.91 Å². The highest BCUT2D eigenvalue weighted by molar-refractivity contribution is 5.89. The summed E-state index contributed by atoms with van der Waals surface area (Å²) in [5.41, 5.74) is 2.44. The first-order chi connectivity index (χ1) is 13.4. The maximum atomic E-state index is 12.4. The number of nitrogens with one attached hydrogen (secondary N) is 1. The van der Waals surface area contributed by atoms with Gasteiger partial charge in [0.05, 0.1) is 30.6 Å². The van der Waals surface area contributed by atoms with Crippen molar-refractivity contribution in [3.63, 3.8) is 0 Å². The Kier molecular flexibility index (Phi) is 5.80. The van der Waals surface area contributed by atoms with Crippen molar-refractivity contribution in [3.8, 4) is 5.75 Å². The summed E-state index contributed by atoms with van der Waals surface area (Å²) in [6.07, 6.45) is -0.954. The lowest BCUT2D eigenvalue weighted by Gasteiger charge is -2.14. The lowest BCUT2D eigenvalue weighted by atomic mass is 10.0. The van der Waals surface area contributed by atoms with E-state index in [9.17, 15) is 14.7 Å². The smallest absolute Gasteiger partial charge is 0.340 e. The first-order valence-electron chi connectivity index (χ1n) is 9.01. The summed E-state index contributed by atoms with van der Waals surface area (Å²) >= 11 is 0. The molecule has 0 saturated heterocycles. The molecule has 0 fully saturated rings. The molecule has 0 aliphatic heterocycles. The van der Waals surface area contributed by atoms with E-state index in [2.05, 4.69) is 5.32 Å². The van der Waals surface area contributed by atoms with Crippen molar-refractivity contribution in [3.05, 3.63) is 75.1 Å². The fraction of sp³-hybridized carbons (Fsp3) is 0.273. The van der Waals surface area contributed by atoms with Crippen LogP contribution in [0.1, 0.15) is 28.4 Å². The van der Waals surface area contributed by atoms with E-state index in [-0.39, 0.29) is 24.4 Å². The van der Waals surface area contributed by atoms with Gasteiger partial charge in [-0.05, 0) is 42.7 Å². The number of aliphatic hydroxyl groups excluding tert-OH is 1.